The zero-order valence-corrected chi connectivity index (χ0v) is 10.3. The highest BCUT2D eigenvalue weighted by molar-refractivity contribution is 6.85. The van der Waals surface area contributed by atoms with Crippen molar-refractivity contribution >= 4 is 14.8 Å². The molecule has 0 atom stereocenters. The van der Waals surface area contributed by atoms with E-state index in [1.807, 2.05) is 0 Å². The highest BCUT2D eigenvalue weighted by Crippen LogP contribution is 2.05. The van der Waals surface area contributed by atoms with Crippen molar-refractivity contribution in [2.45, 2.75) is 19.6 Å². The Morgan fingerprint density at radius 1 is 0.923 bits per heavy atom. The molecule has 76 valence electrons. The van der Waals surface area contributed by atoms with Gasteiger partial charge in [0.2, 0.25) is 0 Å². The van der Waals surface area contributed by atoms with Crippen LogP contribution in [0.2, 0.25) is 19.6 Å². The standard InChI is InChI=1S/C8H18BO3Si/c1-10-9(11-2,12-3)7-8-13(4,5)6/h1-6H3/q-1. The molecule has 13 heavy (non-hydrogen) atoms. The normalized spacial score (nSPS) is 12.2. The molecule has 0 bridgehead atoms. The van der Waals surface area contributed by atoms with Gasteiger partial charge < -0.3 is 14.0 Å². The first kappa shape index (κ1) is 12.7. The van der Waals surface area contributed by atoms with Gasteiger partial charge in [-0.05, 0) is 21.3 Å². The minimum absolute atomic E-state index is 1.40. The van der Waals surface area contributed by atoms with Crippen LogP contribution in [-0.2, 0) is 14.0 Å². The molecular weight excluding hydrogens is 183 g/mol. The van der Waals surface area contributed by atoms with Gasteiger partial charge in [-0.15, -0.1) is 0 Å². The first-order chi connectivity index (χ1) is 5.89. The van der Waals surface area contributed by atoms with Crippen molar-refractivity contribution in [3.8, 4) is 11.4 Å². The number of hydrogen-bond donors (Lipinski definition) is 0. The Kier molecular flexibility index (Phi) is 4.72. The van der Waals surface area contributed by atoms with E-state index in [4.69, 9.17) is 14.0 Å². The van der Waals surface area contributed by atoms with Crippen LogP contribution in [-0.4, -0.2) is 36.2 Å². The third-order valence-corrected chi connectivity index (χ3v) is 2.45. The molecule has 0 fully saturated rings. The van der Waals surface area contributed by atoms with Crippen LogP contribution in [0.5, 0.6) is 0 Å². The molecule has 0 rings (SSSR count). The molecule has 0 radical (unpaired) electrons. The summed E-state index contributed by atoms with van der Waals surface area (Å²) >= 11 is 0. The molecule has 0 saturated heterocycles. The van der Waals surface area contributed by atoms with Gasteiger partial charge in [-0.2, -0.15) is 5.54 Å². The lowest BCUT2D eigenvalue weighted by Crippen LogP contribution is -2.42. The van der Waals surface area contributed by atoms with Gasteiger partial charge in [-0.1, -0.05) is 19.6 Å². The van der Waals surface area contributed by atoms with Crippen molar-refractivity contribution in [2.24, 2.45) is 0 Å². The maximum Gasteiger partial charge on any atom is 0.455 e. The molecule has 0 aliphatic heterocycles. The highest BCUT2D eigenvalue weighted by Gasteiger charge is 2.23. The van der Waals surface area contributed by atoms with Gasteiger partial charge in [0.15, 0.2) is 0 Å². The van der Waals surface area contributed by atoms with Crippen molar-refractivity contribution in [1.82, 2.24) is 0 Å². The summed E-state index contributed by atoms with van der Waals surface area (Å²) in [6.07, 6.45) is 0. The molecule has 0 aromatic rings. The summed E-state index contributed by atoms with van der Waals surface area (Å²) < 4.78 is 15.3. The average Bonchev–Trinajstić information content (AvgIpc) is 2.06. The molecule has 0 N–H and O–H groups in total. The maximum absolute atomic E-state index is 5.10. The molecule has 0 saturated carbocycles. The molecule has 0 spiro atoms. The lowest BCUT2D eigenvalue weighted by atomic mass is 9.80. The predicted molar refractivity (Wildman–Crippen MR) is 57.9 cm³/mol. The summed E-state index contributed by atoms with van der Waals surface area (Å²) in [6.45, 7) is 4.61. The lowest BCUT2D eigenvalue weighted by Gasteiger charge is -2.32. The Labute approximate surface area is 81.8 Å². The van der Waals surface area contributed by atoms with Crippen LogP contribution < -0.4 is 0 Å². The SMILES string of the molecule is CO[B-](C#C[Si](C)(C)C)(OC)OC. The van der Waals surface area contributed by atoms with E-state index in [1.165, 1.54) is 21.3 Å². The Bertz CT molecular complexity index is 201. The van der Waals surface area contributed by atoms with Gasteiger partial charge in [0.05, 0.1) is 0 Å². The van der Waals surface area contributed by atoms with E-state index in [-0.39, 0.29) is 0 Å². The third-order valence-electron chi connectivity index (χ3n) is 1.55. The van der Waals surface area contributed by atoms with Crippen LogP contribution in [0.25, 0.3) is 0 Å². The summed E-state index contributed by atoms with van der Waals surface area (Å²) in [7, 11) is 3.20. The van der Waals surface area contributed by atoms with Gasteiger partial charge in [0.25, 0.3) is 0 Å². The monoisotopic (exact) mass is 201 g/mol. The quantitative estimate of drug-likeness (QED) is 0.508. The van der Waals surface area contributed by atoms with Crippen LogP contribution in [0.1, 0.15) is 0 Å². The van der Waals surface area contributed by atoms with Crippen molar-refractivity contribution in [1.29, 1.82) is 0 Å². The summed E-state index contributed by atoms with van der Waals surface area (Å²) in [6, 6.07) is 0. The van der Waals surface area contributed by atoms with E-state index < -0.39 is 14.8 Å². The Balaban J connectivity index is 4.66. The second kappa shape index (κ2) is 4.82. The summed E-state index contributed by atoms with van der Waals surface area (Å²) in [5, 5.41) is 0. The molecule has 0 aromatic carbocycles. The van der Waals surface area contributed by atoms with E-state index in [0.29, 0.717) is 0 Å². The molecule has 0 unspecified atom stereocenters. The Morgan fingerprint density at radius 3 is 1.54 bits per heavy atom. The molecular formula is C8H18BO3Si-. The molecule has 0 aliphatic rings. The molecule has 0 aliphatic carbocycles. The second-order valence-corrected chi connectivity index (χ2v) is 8.62. The zero-order valence-electron chi connectivity index (χ0n) is 9.30. The fourth-order valence-corrected chi connectivity index (χ4v) is 1.38. The minimum Gasteiger partial charge on any atom is -0.536 e. The van der Waals surface area contributed by atoms with Gasteiger partial charge in [-0.3, -0.25) is 0 Å². The van der Waals surface area contributed by atoms with E-state index in [1.54, 1.807) is 0 Å². The van der Waals surface area contributed by atoms with Crippen molar-refractivity contribution < 1.29 is 14.0 Å². The van der Waals surface area contributed by atoms with Gasteiger partial charge in [0, 0.05) is 0 Å². The van der Waals surface area contributed by atoms with Gasteiger partial charge >= 0.3 is 6.75 Å². The van der Waals surface area contributed by atoms with Crippen molar-refractivity contribution in [2.75, 3.05) is 21.3 Å². The molecule has 5 heteroatoms. The maximum atomic E-state index is 5.10. The summed E-state index contributed by atoms with van der Waals surface area (Å²) in [5.41, 5.74) is 3.16. The van der Waals surface area contributed by atoms with Crippen LogP contribution in [0.15, 0.2) is 0 Å². The lowest BCUT2D eigenvalue weighted by molar-refractivity contribution is 0.141. The summed E-state index contributed by atoms with van der Waals surface area (Å²) in [4.78, 5) is 0. The van der Waals surface area contributed by atoms with Crippen molar-refractivity contribution in [3.63, 3.8) is 0 Å². The molecule has 3 nitrogen and oxygen atoms in total. The number of hydrogen-bond acceptors (Lipinski definition) is 3. The topological polar surface area (TPSA) is 27.7 Å². The van der Waals surface area contributed by atoms with Crippen LogP contribution >= 0.6 is 0 Å². The van der Waals surface area contributed by atoms with E-state index in [0.717, 1.165) is 0 Å². The largest absolute Gasteiger partial charge is 0.536 e. The number of rotatable bonds is 3. The molecule has 0 amide bonds. The van der Waals surface area contributed by atoms with Crippen LogP contribution in [0.3, 0.4) is 0 Å². The zero-order chi connectivity index (χ0) is 10.5. The van der Waals surface area contributed by atoms with E-state index in [9.17, 15) is 0 Å². The average molecular weight is 201 g/mol. The van der Waals surface area contributed by atoms with Crippen molar-refractivity contribution in [3.05, 3.63) is 0 Å². The van der Waals surface area contributed by atoms with Gasteiger partial charge in [0.1, 0.15) is 8.07 Å². The molecule has 0 heterocycles. The van der Waals surface area contributed by atoms with Crippen LogP contribution in [0.4, 0.5) is 0 Å². The van der Waals surface area contributed by atoms with Gasteiger partial charge in [-0.25, -0.2) is 5.82 Å². The minimum atomic E-state index is -1.85. The van der Waals surface area contributed by atoms with E-state index >= 15 is 0 Å². The first-order valence-electron chi connectivity index (χ1n) is 4.22. The first-order valence-corrected chi connectivity index (χ1v) is 7.72. The van der Waals surface area contributed by atoms with E-state index in [2.05, 4.69) is 31.0 Å². The third kappa shape index (κ3) is 4.48. The smallest absolute Gasteiger partial charge is 0.455 e. The second-order valence-electron chi connectivity index (χ2n) is 3.87. The summed E-state index contributed by atoms with van der Waals surface area (Å²) in [5.74, 6) is 2.93. The Morgan fingerprint density at radius 2 is 1.31 bits per heavy atom. The fraction of sp³-hybridized carbons (Fsp3) is 0.750. The Hall–Kier alpha value is -0.278. The molecule has 0 aromatic heterocycles. The fourth-order valence-electron chi connectivity index (χ4n) is 0.770. The van der Waals surface area contributed by atoms with Crippen LogP contribution in [0, 0.1) is 11.4 Å². The predicted octanol–water partition coefficient (Wildman–Crippen LogP) is 1.28. The highest BCUT2D eigenvalue weighted by atomic mass is 28.3.